The molecule has 7 heteroatoms. The zero-order valence-electron chi connectivity index (χ0n) is 21.3. The molecular weight excluding hydrogens is 582 g/mol. The van der Waals surface area contributed by atoms with Gasteiger partial charge in [0.1, 0.15) is 6.54 Å². The maximum absolute atomic E-state index is 13.6. The Labute approximate surface area is 231 Å². The number of aromatic nitrogens is 1. The Bertz CT molecular complexity index is 1140. The van der Waals surface area contributed by atoms with E-state index in [0.717, 1.165) is 40.4 Å². The van der Waals surface area contributed by atoms with Crippen molar-refractivity contribution >= 4 is 43.7 Å². The van der Waals surface area contributed by atoms with Crippen molar-refractivity contribution in [2.24, 2.45) is 0 Å². The lowest BCUT2D eigenvalue weighted by atomic mass is 10.1. The lowest BCUT2D eigenvalue weighted by molar-refractivity contribution is -0.133. The molecule has 2 amide bonds. The van der Waals surface area contributed by atoms with Crippen molar-refractivity contribution in [2.75, 3.05) is 13.1 Å². The van der Waals surface area contributed by atoms with Gasteiger partial charge in [-0.25, -0.2) is 0 Å². The third kappa shape index (κ3) is 7.81. The van der Waals surface area contributed by atoms with Gasteiger partial charge in [0.2, 0.25) is 5.91 Å². The lowest BCUT2D eigenvalue weighted by Gasteiger charge is -2.31. The number of amides is 2. The van der Waals surface area contributed by atoms with Gasteiger partial charge in [0.25, 0.3) is 5.91 Å². The van der Waals surface area contributed by atoms with Gasteiger partial charge in [0.05, 0.1) is 6.54 Å². The summed E-state index contributed by atoms with van der Waals surface area (Å²) in [5.74, 6) is -0.142. The highest BCUT2D eigenvalue weighted by molar-refractivity contribution is 9.10. The molecule has 1 heterocycles. The SMILES string of the molecule is CCCCN(Cc1cccn1Cc1ccc(Br)cc1)C(=O)CN(C(=O)c1cccc(Br)c1)C(C)CC. The van der Waals surface area contributed by atoms with E-state index in [1.54, 1.807) is 11.0 Å². The van der Waals surface area contributed by atoms with Crippen molar-refractivity contribution in [3.63, 3.8) is 0 Å². The van der Waals surface area contributed by atoms with Crippen LogP contribution in [0.2, 0.25) is 0 Å². The standard InChI is InChI=1S/C29H35Br2N3O2/c1-4-6-16-33(20-27-11-8-17-32(27)19-23-12-14-25(30)15-13-23)28(35)21-34(22(3)5-2)29(36)24-9-7-10-26(31)18-24/h7-15,17-18,22H,4-6,16,19-21H2,1-3H3. The van der Waals surface area contributed by atoms with Gasteiger partial charge in [-0.05, 0) is 67.8 Å². The van der Waals surface area contributed by atoms with E-state index in [1.165, 1.54) is 5.56 Å². The summed E-state index contributed by atoms with van der Waals surface area (Å²) in [5.41, 5.74) is 2.86. The second kappa shape index (κ2) is 13.8. The molecular formula is C29H35Br2N3O2. The van der Waals surface area contributed by atoms with Crippen LogP contribution >= 0.6 is 31.9 Å². The van der Waals surface area contributed by atoms with E-state index < -0.39 is 0 Å². The van der Waals surface area contributed by atoms with Crippen LogP contribution in [0.25, 0.3) is 0 Å². The van der Waals surface area contributed by atoms with Crippen LogP contribution < -0.4 is 0 Å². The minimum absolute atomic E-state index is 0.0245. The largest absolute Gasteiger partial charge is 0.345 e. The summed E-state index contributed by atoms with van der Waals surface area (Å²) in [5, 5.41) is 0. The van der Waals surface area contributed by atoms with Crippen molar-refractivity contribution in [1.82, 2.24) is 14.4 Å². The Hall–Kier alpha value is -2.38. The predicted octanol–water partition coefficient (Wildman–Crippen LogP) is 7.13. The Balaban J connectivity index is 1.78. The molecule has 0 bridgehead atoms. The van der Waals surface area contributed by atoms with Gasteiger partial charge >= 0.3 is 0 Å². The summed E-state index contributed by atoms with van der Waals surface area (Å²) in [4.78, 5) is 30.6. The Morgan fingerprint density at radius 1 is 0.972 bits per heavy atom. The number of nitrogens with zero attached hydrogens (tertiary/aromatic N) is 3. The molecule has 0 spiro atoms. The normalized spacial score (nSPS) is 11.8. The first kappa shape index (κ1) is 28.2. The van der Waals surface area contributed by atoms with Crippen LogP contribution in [0.1, 0.15) is 61.6 Å². The van der Waals surface area contributed by atoms with Crippen LogP contribution in [0.4, 0.5) is 0 Å². The van der Waals surface area contributed by atoms with Gasteiger partial charge in [-0.2, -0.15) is 0 Å². The van der Waals surface area contributed by atoms with Crippen molar-refractivity contribution in [3.8, 4) is 0 Å². The third-order valence-corrected chi connectivity index (χ3v) is 7.46. The number of unbranched alkanes of at least 4 members (excludes halogenated alkanes) is 1. The Morgan fingerprint density at radius 3 is 2.39 bits per heavy atom. The average Bonchev–Trinajstić information content (AvgIpc) is 3.31. The molecule has 0 saturated carbocycles. The minimum Gasteiger partial charge on any atom is -0.345 e. The average molecular weight is 617 g/mol. The van der Waals surface area contributed by atoms with Crippen molar-refractivity contribution in [1.29, 1.82) is 0 Å². The maximum atomic E-state index is 13.6. The topological polar surface area (TPSA) is 45.6 Å². The molecule has 1 unspecified atom stereocenters. The lowest BCUT2D eigenvalue weighted by Crippen LogP contribution is -2.46. The molecule has 0 radical (unpaired) electrons. The van der Waals surface area contributed by atoms with Gasteiger partial charge in [0, 0.05) is 45.5 Å². The summed E-state index contributed by atoms with van der Waals surface area (Å²) in [6.45, 7) is 8.16. The number of benzene rings is 2. The molecule has 0 aliphatic rings. The predicted molar refractivity (Wildman–Crippen MR) is 153 cm³/mol. The Morgan fingerprint density at radius 2 is 1.72 bits per heavy atom. The molecule has 5 nitrogen and oxygen atoms in total. The number of hydrogen-bond acceptors (Lipinski definition) is 2. The second-order valence-corrected chi connectivity index (χ2v) is 11.0. The molecule has 192 valence electrons. The molecule has 36 heavy (non-hydrogen) atoms. The van der Waals surface area contributed by atoms with E-state index >= 15 is 0 Å². The Kier molecular flexibility index (Phi) is 10.8. The van der Waals surface area contributed by atoms with Gasteiger partial charge in [-0.15, -0.1) is 0 Å². The molecule has 1 atom stereocenters. The summed E-state index contributed by atoms with van der Waals surface area (Å²) < 4.78 is 4.09. The quantitative estimate of drug-likeness (QED) is 0.217. The van der Waals surface area contributed by atoms with Crippen LogP contribution in [0, 0.1) is 0 Å². The summed E-state index contributed by atoms with van der Waals surface area (Å²) in [6.07, 6.45) is 4.75. The van der Waals surface area contributed by atoms with E-state index in [-0.39, 0.29) is 24.4 Å². The van der Waals surface area contributed by atoms with E-state index in [0.29, 0.717) is 18.7 Å². The molecule has 0 saturated heterocycles. The summed E-state index contributed by atoms with van der Waals surface area (Å²) >= 11 is 6.95. The van der Waals surface area contributed by atoms with Gasteiger partial charge in [-0.3, -0.25) is 9.59 Å². The van der Waals surface area contributed by atoms with Crippen LogP contribution in [0.5, 0.6) is 0 Å². The first-order valence-corrected chi connectivity index (χ1v) is 14.1. The first-order valence-electron chi connectivity index (χ1n) is 12.5. The fourth-order valence-corrected chi connectivity index (χ4v) is 4.72. The van der Waals surface area contributed by atoms with Crippen LogP contribution in [-0.2, 0) is 17.9 Å². The van der Waals surface area contributed by atoms with Crippen molar-refractivity contribution < 1.29 is 9.59 Å². The third-order valence-electron chi connectivity index (χ3n) is 6.44. The van der Waals surface area contributed by atoms with Crippen LogP contribution in [0.3, 0.4) is 0 Å². The molecule has 0 aliphatic carbocycles. The number of halogens is 2. The van der Waals surface area contributed by atoms with E-state index in [4.69, 9.17) is 0 Å². The molecule has 1 aromatic heterocycles. The summed E-state index contributed by atoms with van der Waals surface area (Å²) in [6, 6.07) is 19.7. The monoisotopic (exact) mass is 615 g/mol. The fraction of sp³-hybridized carbons (Fsp3) is 0.379. The fourth-order valence-electron chi connectivity index (χ4n) is 4.05. The van der Waals surface area contributed by atoms with Crippen molar-refractivity contribution in [2.45, 2.75) is 59.2 Å². The number of carbonyl (C=O) groups is 2. The molecule has 0 N–H and O–H groups in total. The zero-order chi connectivity index (χ0) is 26.1. The zero-order valence-corrected chi connectivity index (χ0v) is 24.5. The number of carbonyl (C=O) groups excluding carboxylic acids is 2. The highest BCUT2D eigenvalue weighted by Crippen LogP contribution is 2.18. The maximum Gasteiger partial charge on any atom is 0.254 e. The first-order chi connectivity index (χ1) is 17.3. The molecule has 3 rings (SSSR count). The van der Waals surface area contributed by atoms with Crippen LogP contribution in [-0.4, -0.2) is 45.3 Å². The highest BCUT2D eigenvalue weighted by Gasteiger charge is 2.26. The molecule has 0 fully saturated rings. The second-order valence-electron chi connectivity index (χ2n) is 9.12. The smallest absolute Gasteiger partial charge is 0.254 e. The van der Waals surface area contributed by atoms with E-state index in [1.807, 2.05) is 55.1 Å². The summed E-state index contributed by atoms with van der Waals surface area (Å²) in [7, 11) is 0. The number of rotatable bonds is 12. The molecule has 3 aromatic rings. The van der Waals surface area contributed by atoms with Gasteiger partial charge in [0.15, 0.2) is 0 Å². The van der Waals surface area contributed by atoms with Gasteiger partial charge in [-0.1, -0.05) is 70.3 Å². The highest BCUT2D eigenvalue weighted by atomic mass is 79.9. The van der Waals surface area contributed by atoms with Gasteiger partial charge < -0.3 is 14.4 Å². The van der Waals surface area contributed by atoms with E-state index in [9.17, 15) is 9.59 Å². The number of hydrogen-bond donors (Lipinski definition) is 0. The van der Waals surface area contributed by atoms with Crippen LogP contribution in [0.15, 0.2) is 75.8 Å². The minimum atomic E-state index is -0.118. The van der Waals surface area contributed by atoms with E-state index in [2.05, 4.69) is 67.7 Å². The molecule has 0 aliphatic heterocycles. The molecule has 2 aromatic carbocycles. The van der Waals surface area contributed by atoms with Crippen molar-refractivity contribution in [3.05, 3.63) is 92.6 Å².